The highest BCUT2D eigenvalue weighted by Gasteiger charge is 2.51. The Balaban J connectivity index is 1.85. The fourth-order valence-corrected chi connectivity index (χ4v) is 2.54. The molecule has 0 aromatic heterocycles. The Morgan fingerprint density at radius 2 is 2.10 bits per heavy atom. The highest BCUT2D eigenvalue weighted by Crippen LogP contribution is 2.24. The van der Waals surface area contributed by atoms with Gasteiger partial charge in [0.05, 0.1) is 6.54 Å². The summed E-state index contributed by atoms with van der Waals surface area (Å²) in [6.07, 6.45) is 0.867. The van der Waals surface area contributed by atoms with Crippen LogP contribution >= 0.6 is 0 Å². The van der Waals surface area contributed by atoms with Crippen molar-refractivity contribution in [1.29, 1.82) is 0 Å². The predicted molar refractivity (Wildman–Crippen MR) is 73.0 cm³/mol. The van der Waals surface area contributed by atoms with Crippen molar-refractivity contribution in [2.24, 2.45) is 0 Å². The van der Waals surface area contributed by atoms with Gasteiger partial charge < -0.3 is 15.5 Å². The van der Waals surface area contributed by atoms with Crippen LogP contribution in [-0.2, 0) is 9.59 Å². The molecule has 2 heterocycles. The van der Waals surface area contributed by atoms with Gasteiger partial charge in [-0.25, -0.2) is 4.79 Å². The Kier molecular flexibility index (Phi) is 3.73. The maximum atomic E-state index is 12.1. The number of carbonyl (C=O) groups is 3. The number of urea groups is 1. The van der Waals surface area contributed by atoms with Gasteiger partial charge in [0.25, 0.3) is 5.91 Å². The number of nitrogens with one attached hydrogen (secondary N) is 3. The minimum atomic E-state index is -0.913. The van der Waals surface area contributed by atoms with E-state index in [0.29, 0.717) is 25.9 Å². The highest BCUT2D eigenvalue weighted by atomic mass is 16.2. The predicted octanol–water partition coefficient (Wildman–Crippen LogP) is -0.425. The van der Waals surface area contributed by atoms with Crippen molar-refractivity contribution in [3.8, 4) is 0 Å². The summed E-state index contributed by atoms with van der Waals surface area (Å²) < 4.78 is 0. The summed E-state index contributed by atoms with van der Waals surface area (Å²) in [5.41, 5.74) is -0.934. The molecule has 2 aliphatic rings. The molecule has 0 aromatic carbocycles. The normalized spacial score (nSPS) is 26.1. The van der Waals surface area contributed by atoms with Gasteiger partial charge in [0.15, 0.2) is 0 Å². The van der Waals surface area contributed by atoms with E-state index in [0.717, 1.165) is 0 Å². The van der Waals surface area contributed by atoms with Crippen LogP contribution in [0, 0.1) is 0 Å². The molecule has 4 amide bonds. The molecular weight excluding hydrogens is 260 g/mol. The zero-order valence-corrected chi connectivity index (χ0v) is 12.2. The SMILES string of the molecule is CC(C)(C)NCCC(=O)N1CCC2(C1)NC(=O)NC2=O. The fraction of sp³-hybridized carbons (Fsp3) is 0.769. The van der Waals surface area contributed by atoms with E-state index in [9.17, 15) is 14.4 Å². The summed E-state index contributed by atoms with van der Waals surface area (Å²) >= 11 is 0. The summed E-state index contributed by atoms with van der Waals surface area (Å²) in [6, 6.07) is -0.473. The van der Waals surface area contributed by atoms with Gasteiger partial charge >= 0.3 is 6.03 Å². The second-order valence-corrected chi connectivity index (χ2v) is 6.48. The first kappa shape index (κ1) is 14.8. The third-order valence-electron chi connectivity index (χ3n) is 3.63. The van der Waals surface area contributed by atoms with E-state index in [1.165, 1.54) is 0 Å². The molecule has 7 nitrogen and oxygen atoms in total. The van der Waals surface area contributed by atoms with Crippen LogP contribution in [0.4, 0.5) is 4.79 Å². The Hall–Kier alpha value is -1.63. The molecule has 1 spiro atoms. The second-order valence-electron chi connectivity index (χ2n) is 6.48. The molecule has 20 heavy (non-hydrogen) atoms. The van der Waals surface area contributed by atoms with E-state index < -0.39 is 11.6 Å². The smallest absolute Gasteiger partial charge is 0.322 e. The van der Waals surface area contributed by atoms with E-state index in [4.69, 9.17) is 0 Å². The first-order valence-corrected chi connectivity index (χ1v) is 6.88. The van der Waals surface area contributed by atoms with Crippen molar-refractivity contribution >= 4 is 17.8 Å². The first-order valence-electron chi connectivity index (χ1n) is 6.88. The molecule has 0 radical (unpaired) electrons. The standard InChI is InChI=1S/C13H22N4O3/c1-12(2,3)14-6-4-9(18)17-7-5-13(8-17)10(19)15-11(20)16-13/h14H,4-8H2,1-3H3,(H2,15,16,19,20). The average molecular weight is 282 g/mol. The van der Waals surface area contributed by atoms with E-state index in [-0.39, 0.29) is 23.9 Å². The Morgan fingerprint density at radius 1 is 1.40 bits per heavy atom. The number of imide groups is 1. The molecular formula is C13H22N4O3. The van der Waals surface area contributed by atoms with Crippen molar-refractivity contribution < 1.29 is 14.4 Å². The molecule has 1 atom stereocenters. The highest BCUT2D eigenvalue weighted by molar-refractivity contribution is 6.07. The lowest BCUT2D eigenvalue weighted by Crippen LogP contribution is -2.49. The van der Waals surface area contributed by atoms with Gasteiger partial charge in [0.2, 0.25) is 5.91 Å². The quantitative estimate of drug-likeness (QED) is 0.613. The molecule has 2 aliphatic heterocycles. The van der Waals surface area contributed by atoms with Gasteiger partial charge in [0.1, 0.15) is 5.54 Å². The molecule has 0 bridgehead atoms. The fourth-order valence-electron chi connectivity index (χ4n) is 2.54. The summed E-state index contributed by atoms with van der Waals surface area (Å²) in [5.74, 6) is -0.321. The topological polar surface area (TPSA) is 90.5 Å². The maximum absolute atomic E-state index is 12.1. The third-order valence-corrected chi connectivity index (χ3v) is 3.63. The number of rotatable bonds is 3. The average Bonchev–Trinajstić information content (AvgIpc) is 2.83. The molecule has 3 N–H and O–H groups in total. The molecule has 2 fully saturated rings. The molecule has 1 unspecified atom stereocenters. The van der Waals surface area contributed by atoms with Crippen LogP contribution in [0.25, 0.3) is 0 Å². The van der Waals surface area contributed by atoms with Gasteiger partial charge in [-0.15, -0.1) is 0 Å². The van der Waals surface area contributed by atoms with Crippen LogP contribution in [0.3, 0.4) is 0 Å². The Labute approximate surface area is 118 Å². The molecule has 0 saturated carbocycles. The zero-order chi connectivity index (χ0) is 15.0. The Bertz CT molecular complexity index is 443. The van der Waals surface area contributed by atoms with E-state index >= 15 is 0 Å². The van der Waals surface area contributed by atoms with E-state index in [1.54, 1.807) is 4.90 Å². The van der Waals surface area contributed by atoms with Gasteiger partial charge in [-0.2, -0.15) is 0 Å². The van der Waals surface area contributed by atoms with Gasteiger partial charge in [-0.1, -0.05) is 0 Å². The molecule has 112 valence electrons. The number of nitrogens with zero attached hydrogens (tertiary/aromatic N) is 1. The lowest BCUT2D eigenvalue weighted by atomic mass is 9.99. The number of amides is 4. The minimum absolute atomic E-state index is 0.00701. The number of hydrogen-bond donors (Lipinski definition) is 3. The number of likely N-dealkylation sites (tertiary alicyclic amines) is 1. The van der Waals surface area contributed by atoms with E-state index in [1.807, 2.05) is 20.8 Å². The molecule has 7 heteroatoms. The second kappa shape index (κ2) is 5.05. The van der Waals surface area contributed by atoms with Crippen LogP contribution in [0.5, 0.6) is 0 Å². The monoisotopic (exact) mass is 282 g/mol. The van der Waals surface area contributed by atoms with Crippen molar-refractivity contribution in [3.63, 3.8) is 0 Å². The van der Waals surface area contributed by atoms with E-state index in [2.05, 4.69) is 16.0 Å². The number of hydrogen-bond acceptors (Lipinski definition) is 4. The van der Waals surface area contributed by atoms with Gasteiger partial charge in [0, 0.05) is 25.0 Å². The lowest BCUT2D eigenvalue weighted by Gasteiger charge is -2.23. The molecule has 2 rings (SSSR count). The molecule has 0 aromatic rings. The van der Waals surface area contributed by atoms with Crippen LogP contribution in [0.1, 0.15) is 33.6 Å². The van der Waals surface area contributed by atoms with Crippen molar-refractivity contribution in [2.45, 2.75) is 44.7 Å². The Morgan fingerprint density at radius 3 is 2.65 bits per heavy atom. The largest absolute Gasteiger partial charge is 0.340 e. The van der Waals surface area contributed by atoms with Crippen LogP contribution < -0.4 is 16.0 Å². The third kappa shape index (κ3) is 3.09. The minimum Gasteiger partial charge on any atom is -0.340 e. The van der Waals surface area contributed by atoms with Crippen molar-refractivity contribution in [3.05, 3.63) is 0 Å². The summed E-state index contributed by atoms with van der Waals surface area (Å²) in [6.45, 7) is 7.49. The van der Waals surface area contributed by atoms with Crippen LogP contribution in [0.2, 0.25) is 0 Å². The van der Waals surface area contributed by atoms with Crippen LogP contribution in [-0.4, -0.2) is 53.5 Å². The molecule has 2 saturated heterocycles. The summed E-state index contributed by atoms with van der Waals surface area (Å²) in [5, 5.41) is 8.12. The van der Waals surface area contributed by atoms with Gasteiger partial charge in [-0.05, 0) is 27.2 Å². The first-order chi connectivity index (χ1) is 9.22. The lowest BCUT2D eigenvalue weighted by molar-refractivity contribution is -0.130. The van der Waals surface area contributed by atoms with Crippen molar-refractivity contribution in [2.75, 3.05) is 19.6 Å². The van der Waals surface area contributed by atoms with Crippen LogP contribution in [0.15, 0.2) is 0 Å². The zero-order valence-electron chi connectivity index (χ0n) is 12.2. The maximum Gasteiger partial charge on any atom is 0.322 e. The summed E-state index contributed by atoms with van der Waals surface area (Å²) in [4.78, 5) is 36.7. The van der Waals surface area contributed by atoms with Gasteiger partial charge in [-0.3, -0.25) is 14.9 Å². The molecule has 0 aliphatic carbocycles. The summed E-state index contributed by atoms with van der Waals surface area (Å²) in [7, 11) is 0. The van der Waals surface area contributed by atoms with Crippen molar-refractivity contribution in [1.82, 2.24) is 20.9 Å². The number of carbonyl (C=O) groups excluding carboxylic acids is 3.